The zero-order chi connectivity index (χ0) is 15.1. The Hall–Kier alpha value is -1.89. The van der Waals surface area contributed by atoms with Crippen molar-refractivity contribution >= 4 is 43.6 Å². The number of H-pyrrole nitrogens is 1. The Bertz CT molecular complexity index is 857. The first-order valence-electron chi connectivity index (χ1n) is 6.35. The number of hydrogen-bond donors (Lipinski definition) is 4. The number of fused-ring (bicyclic) bond motifs is 3. The van der Waals surface area contributed by atoms with Gasteiger partial charge in [0.2, 0.25) is 0 Å². The van der Waals surface area contributed by atoms with Crippen LogP contribution in [0.25, 0.3) is 21.8 Å². The molecule has 0 spiro atoms. The topological polar surface area (TPSA) is 99.3 Å². The van der Waals surface area contributed by atoms with Crippen molar-refractivity contribution in [2.75, 3.05) is 6.61 Å². The van der Waals surface area contributed by atoms with Crippen molar-refractivity contribution in [2.45, 2.75) is 6.10 Å². The maximum absolute atomic E-state index is 11.5. The average molecular weight is 349 g/mol. The Labute approximate surface area is 128 Å². The fraction of sp³-hybridized carbons (Fsp3) is 0.133. The number of aromatic nitrogens is 1. The second-order valence-electron chi connectivity index (χ2n) is 4.84. The molecule has 6 heteroatoms. The van der Waals surface area contributed by atoms with Gasteiger partial charge in [0.1, 0.15) is 6.10 Å². The molecule has 21 heavy (non-hydrogen) atoms. The van der Waals surface area contributed by atoms with Gasteiger partial charge in [0, 0.05) is 20.8 Å². The molecule has 108 valence electrons. The molecule has 5 N–H and O–H groups in total. The lowest BCUT2D eigenvalue weighted by Gasteiger charge is -2.06. The predicted molar refractivity (Wildman–Crippen MR) is 84.1 cm³/mol. The van der Waals surface area contributed by atoms with E-state index in [-0.39, 0.29) is 6.61 Å². The van der Waals surface area contributed by atoms with E-state index in [1.165, 1.54) is 0 Å². The number of aromatic amines is 1. The minimum atomic E-state index is -0.931. The van der Waals surface area contributed by atoms with Gasteiger partial charge in [-0.3, -0.25) is 4.79 Å². The minimum absolute atomic E-state index is 0.345. The van der Waals surface area contributed by atoms with Crippen LogP contribution in [0, 0.1) is 0 Å². The molecule has 0 saturated carbocycles. The van der Waals surface area contributed by atoms with E-state index < -0.39 is 12.0 Å². The fourth-order valence-electron chi connectivity index (χ4n) is 2.51. The summed E-state index contributed by atoms with van der Waals surface area (Å²) >= 11 is 3.48. The lowest BCUT2D eigenvalue weighted by atomic mass is 10.1. The number of amides is 1. The van der Waals surface area contributed by atoms with Crippen LogP contribution >= 0.6 is 15.9 Å². The molecule has 0 aliphatic carbocycles. The molecule has 1 atom stereocenters. The highest BCUT2D eigenvalue weighted by molar-refractivity contribution is 9.10. The van der Waals surface area contributed by atoms with E-state index in [9.17, 15) is 9.90 Å². The van der Waals surface area contributed by atoms with Gasteiger partial charge in [-0.1, -0.05) is 28.1 Å². The van der Waals surface area contributed by atoms with Crippen molar-refractivity contribution < 1.29 is 15.0 Å². The molecule has 1 heterocycles. The van der Waals surface area contributed by atoms with Gasteiger partial charge in [0.05, 0.1) is 17.7 Å². The standard InChI is InChI=1S/C15H13BrN2O3/c16-10-4-3-9(15(17)21)14-13(10)8-2-1-7(12(20)6-19)5-11(8)18-14/h1-5,12,18-20H,6H2,(H2,17,21)/t12-/m0/s1. The van der Waals surface area contributed by atoms with Crippen LogP contribution in [-0.2, 0) is 0 Å². The van der Waals surface area contributed by atoms with Gasteiger partial charge < -0.3 is 20.9 Å². The van der Waals surface area contributed by atoms with E-state index in [2.05, 4.69) is 20.9 Å². The molecule has 0 fully saturated rings. The number of nitrogens with two attached hydrogens (primary N) is 1. The van der Waals surface area contributed by atoms with Crippen molar-refractivity contribution in [3.63, 3.8) is 0 Å². The Morgan fingerprint density at radius 2 is 2.10 bits per heavy atom. The fourth-order valence-corrected chi connectivity index (χ4v) is 3.05. The summed E-state index contributed by atoms with van der Waals surface area (Å²) in [4.78, 5) is 14.7. The maximum atomic E-state index is 11.5. The van der Waals surface area contributed by atoms with Crippen LogP contribution in [0.2, 0.25) is 0 Å². The number of rotatable bonds is 3. The van der Waals surface area contributed by atoms with Gasteiger partial charge in [-0.25, -0.2) is 0 Å². The van der Waals surface area contributed by atoms with Crippen LogP contribution in [0.4, 0.5) is 0 Å². The summed E-state index contributed by atoms with van der Waals surface area (Å²) in [5, 5.41) is 20.5. The second kappa shape index (κ2) is 5.14. The normalized spacial score (nSPS) is 12.9. The average Bonchev–Trinajstić information content (AvgIpc) is 2.85. The summed E-state index contributed by atoms with van der Waals surface area (Å²) < 4.78 is 0.851. The third-order valence-electron chi connectivity index (χ3n) is 3.55. The summed E-state index contributed by atoms with van der Waals surface area (Å²) in [6.07, 6.45) is -0.931. The van der Waals surface area contributed by atoms with E-state index >= 15 is 0 Å². The Balaban J connectivity index is 2.36. The van der Waals surface area contributed by atoms with Crippen LogP contribution in [0.1, 0.15) is 22.0 Å². The molecule has 3 rings (SSSR count). The zero-order valence-corrected chi connectivity index (χ0v) is 12.5. The lowest BCUT2D eigenvalue weighted by Crippen LogP contribution is -2.11. The summed E-state index contributed by atoms with van der Waals surface area (Å²) in [6.45, 7) is -0.345. The van der Waals surface area contributed by atoms with Crippen molar-refractivity contribution in [1.82, 2.24) is 4.98 Å². The molecule has 0 aliphatic heterocycles. The molecule has 0 saturated heterocycles. The predicted octanol–water partition coefficient (Wildman–Crippen LogP) is 2.21. The van der Waals surface area contributed by atoms with Crippen molar-refractivity contribution in [1.29, 1.82) is 0 Å². The lowest BCUT2D eigenvalue weighted by molar-refractivity contribution is 0.0957. The van der Waals surface area contributed by atoms with Crippen LogP contribution in [0.15, 0.2) is 34.8 Å². The summed E-state index contributed by atoms with van der Waals surface area (Å²) in [5.74, 6) is -0.505. The summed E-state index contributed by atoms with van der Waals surface area (Å²) in [5.41, 5.74) is 7.84. The number of benzene rings is 2. The first-order chi connectivity index (χ1) is 10.0. The van der Waals surface area contributed by atoms with Gasteiger partial charge in [0.25, 0.3) is 5.91 Å². The number of carbonyl (C=O) groups excluding carboxylic acids is 1. The monoisotopic (exact) mass is 348 g/mol. The van der Waals surface area contributed by atoms with Crippen LogP contribution in [0.5, 0.6) is 0 Å². The number of aliphatic hydroxyl groups is 2. The Morgan fingerprint density at radius 1 is 1.33 bits per heavy atom. The number of aliphatic hydroxyl groups excluding tert-OH is 2. The first-order valence-corrected chi connectivity index (χ1v) is 7.14. The van der Waals surface area contributed by atoms with Gasteiger partial charge >= 0.3 is 0 Å². The maximum Gasteiger partial charge on any atom is 0.250 e. The van der Waals surface area contributed by atoms with E-state index in [1.807, 2.05) is 6.07 Å². The highest BCUT2D eigenvalue weighted by Gasteiger charge is 2.15. The van der Waals surface area contributed by atoms with E-state index in [1.54, 1.807) is 24.3 Å². The first kappa shape index (κ1) is 14.1. The van der Waals surface area contributed by atoms with Gasteiger partial charge in [-0.15, -0.1) is 0 Å². The van der Waals surface area contributed by atoms with E-state index in [4.69, 9.17) is 10.8 Å². The third-order valence-corrected chi connectivity index (χ3v) is 4.21. The molecule has 5 nitrogen and oxygen atoms in total. The van der Waals surface area contributed by atoms with Crippen LogP contribution in [-0.4, -0.2) is 27.7 Å². The Morgan fingerprint density at radius 3 is 2.76 bits per heavy atom. The molecular formula is C15H13BrN2O3. The SMILES string of the molecule is NC(=O)c1ccc(Br)c2c1[nH]c1cc([C@@H](O)CO)ccc12. The van der Waals surface area contributed by atoms with Crippen molar-refractivity contribution in [3.8, 4) is 0 Å². The minimum Gasteiger partial charge on any atom is -0.393 e. The van der Waals surface area contributed by atoms with Crippen LogP contribution in [0.3, 0.4) is 0 Å². The molecule has 3 aromatic rings. The van der Waals surface area contributed by atoms with Crippen molar-refractivity contribution in [2.24, 2.45) is 5.73 Å². The third kappa shape index (κ3) is 2.21. The van der Waals surface area contributed by atoms with Gasteiger partial charge in [0.15, 0.2) is 0 Å². The molecule has 0 unspecified atom stereocenters. The molecule has 0 radical (unpaired) electrons. The molecule has 1 aromatic heterocycles. The second-order valence-corrected chi connectivity index (χ2v) is 5.69. The number of halogens is 1. The van der Waals surface area contributed by atoms with Gasteiger partial charge in [-0.2, -0.15) is 0 Å². The van der Waals surface area contributed by atoms with Crippen LogP contribution < -0.4 is 5.73 Å². The smallest absolute Gasteiger partial charge is 0.250 e. The zero-order valence-electron chi connectivity index (χ0n) is 10.9. The molecule has 0 bridgehead atoms. The number of carbonyl (C=O) groups is 1. The van der Waals surface area contributed by atoms with Crippen molar-refractivity contribution in [3.05, 3.63) is 45.9 Å². The van der Waals surface area contributed by atoms with E-state index in [0.29, 0.717) is 16.6 Å². The largest absolute Gasteiger partial charge is 0.393 e. The highest BCUT2D eigenvalue weighted by atomic mass is 79.9. The highest BCUT2D eigenvalue weighted by Crippen LogP contribution is 2.34. The molecular weight excluding hydrogens is 336 g/mol. The van der Waals surface area contributed by atoms with Gasteiger partial charge in [-0.05, 0) is 23.8 Å². The Kier molecular flexibility index (Phi) is 3.44. The molecule has 0 aliphatic rings. The molecule has 2 aromatic carbocycles. The number of hydrogen-bond acceptors (Lipinski definition) is 3. The number of primary amides is 1. The quantitative estimate of drug-likeness (QED) is 0.583. The molecule has 1 amide bonds. The summed E-state index contributed by atoms with van der Waals surface area (Å²) in [6, 6.07) is 8.80. The number of nitrogens with one attached hydrogen (secondary N) is 1. The van der Waals surface area contributed by atoms with E-state index in [0.717, 1.165) is 20.8 Å². The summed E-state index contributed by atoms with van der Waals surface area (Å²) in [7, 11) is 0.